The Kier molecular flexibility index (Phi) is 3.39. The lowest BCUT2D eigenvalue weighted by molar-refractivity contribution is 0.360. The summed E-state index contributed by atoms with van der Waals surface area (Å²) >= 11 is 0. The first-order valence-corrected chi connectivity index (χ1v) is 8.65. The van der Waals surface area contributed by atoms with E-state index in [2.05, 4.69) is 5.32 Å². The van der Waals surface area contributed by atoms with Crippen molar-refractivity contribution in [3.05, 3.63) is 29.3 Å². The number of fused-ring (bicyclic) bond motifs is 1. The molecule has 0 aromatic heterocycles. The number of hydrogen-bond donors (Lipinski definition) is 1. The predicted molar refractivity (Wildman–Crippen MR) is 79.1 cm³/mol. The summed E-state index contributed by atoms with van der Waals surface area (Å²) in [5.74, 6) is 0.919. The molecule has 0 bridgehead atoms. The highest BCUT2D eigenvalue weighted by Crippen LogP contribution is 2.36. The van der Waals surface area contributed by atoms with Crippen LogP contribution in [0.2, 0.25) is 0 Å². The molecular weight excluding hydrogens is 272 g/mol. The van der Waals surface area contributed by atoms with Crippen LogP contribution in [0.5, 0.6) is 0 Å². The Morgan fingerprint density at radius 3 is 2.60 bits per heavy atom. The van der Waals surface area contributed by atoms with Gasteiger partial charge >= 0.3 is 0 Å². The minimum absolute atomic E-state index is 0.0848. The van der Waals surface area contributed by atoms with Crippen LogP contribution in [-0.2, 0) is 10.0 Å². The van der Waals surface area contributed by atoms with Gasteiger partial charge in [-0.15, -0.1) is 0 Å². The molecule has 5 heteroatoms. The Morgan fingerprint density at radius 1 is 1.20 bits per heavy atom. The molecule has 1 N–H and O–H groups in total. The number of hydrogen-bond acceptors (Lipinski definition) is 3. The van der Waals surface area contributed by atoms with Gasteiger partial charge in [-0.3, -0.25) is 0 Å². The van der Waals surface area contributed by atoms with E-state index >= 15 is 0 Å². The average molecular weight is 294 g/mol. The van der Waals surface area contributed by atoms with Crippen molar-refractivity contribution >= 4 is 10.0 Å². The van der Waals surface area contributed by atoms with Gasteiger partial charge in [0.05, 0.1) is 4.90 Å². The van der Waals surface area contributed by atoms with Gasteiger partial charge in [-0.25, -0.2) is 8.42 Å². The molecule has 2 saturated heterocycles. The first kappa shape index (κ1) is 14.0. The van der Waals surface area contributed by atoms with Crippen LogP contribution in [0.3, 0.4) is 0 Å². The van der Waals surface area contributed by atoms with Gasteiger partial charge < -0.3 is 5.32 Å². The number of benzene rings is 1. The molecule has 3 atom stereocenters. The number of nitrogens with zero attached hydrogens (tertiary/aromatic N) is 1. The molecule has 0 spiro atoms. The van der Waals surface area contributed by atoms with Crippen molar-refractivity contribution in [3.63, 3.8) is 0 Å². The minimum atomic E-state index is -3.36. The third-order valence-corrected chi connectivity index (χ3v) is 6.91. The van der Waals surface area contributed by atoms with Crippen LogP contribution < -0.4 is 5.32 Å². The zero-order chi connectivity index (χ0) is 14.5. The van der Waals surface area contributed by atoms with Crippen LogP contribution in [0.4, 0.5) is 0 Å². The van der Waals surface area contributed by atoms with Gasteiger partial charge in [0.25, 0.3) is 0 Å². The van der Waals surface area contributed by atoms with Crippen LogP contribution in [0.15, 0.2) is 23.1 Å². The van der Waals surface area contributed by atoms with E-state index in [1.807, 2.05) is 26.8 Å². The minimum Gasteiger partial charge on any atom is -0.316 e. The van der Waals surface area contributed by atoms with Crippen molar-refractivity contribution in [2.45, 2.75) is 31.7 Å². The van der Waals surface area contributed by atoms with Gasteiger partial charge in [-0.2, -0.15) is 4.31 Å². The predicted octanol–water partition coefficient (Wildman–Crippen LogP) is 1.53. The van der Waals surface area contributed by atoms with Crippen molar-refractivity contribution in [2.24, 2.45) is 11.8 Å². The number of aryl methyl sites for hydroxylation is 2. The van der Waals surface area contributed by atoms with E-state index < -0.39 is 10.0 Å². The van der Waals surface area contributed by atoms with E-state index in [1.54, 1.807) is 16.4 Å². The van der Waals surface area contributed by atoms with Gasteiger partial charge in [0.15, 0.2) is 0 Å². The lowest BCUT2D eigenvalue weighted by Gasteiger charge is -2.24. The second-order valence-corrected chi connectivity index (χ2v) is 8.03. The van der Waals surface area contributed by atoms with Crippen LogP contribution >= 0.6 is 0 Å². The number of sulfonamides is 1. The summed E-state index contributed by atoms with van der Waals surface area (Å²) in [6, 6.07) is 5.51. The van der Waals surface area contributed by atoms with Gasteiger partial charge in [0, 0.05) is 12.6 Å². The molecule has 2 fully saturated rings. The Labute approximate surface area is 121 Å². The van der Waals surface area contributed by atoms with Crippen LogP contribution in [-0.4, -0.2) is 38.4 Å². The summed E-state index contributed by atoms with van der Waals surface area (Å²) < 4.78 is 27.4. The summed E-state index contributed by atoms with van der Waals surface area (Å²) in [5.41, 5.74) is 2.15. The van der Waals surface area contributed by atoms with Crippen molar-refractivity contribution in [2.75, 3.05) is 19.6 Å². The largest absolute Gasteiger partial charge is 0.316 e. The maximum Gasteiger partial charge on any atom is 0.243 e. The third-order valence-electron chi connectivity index (χ3n) is 4.97. The summed E-state index contributed by atoms with van der Waals surface area (Å²) in [7, 11) is -3.36. The van der Waals surface area contributed by atoms with E-state index in [-0.39, 0.29) is 6.04 Å². The molecule has 2 aliphatic rings. The number of rotatable bonds is 2. The van der Waals surface area contributed by atoms with Gasteiger partial charge in [0.2, 0.25) is 10.0 Å². The van der Waals surface area contributed by atoms with Crippen LogP contribution in [0.1, 0.15) is 18.1 Å². The molecule has 4 nitrogen and oxygen atoms in total. The topological polar surface area (TPSA) is 49.4 Å². The lowest BCUT2D eigenvalue weighted by atomic mass is 9.95. The molecule has 2 aliphatic heterocycles. The molecule has 0 aliphatic carbocycles. The van der Waals surface area contributed by atoms with E-state index in [1.165, 1.54) is 0 Å². The maximum absolute atomic E-state index is 12.8. The van der Waals surface area contributed by atoms with Crippen LogP contribution in [0.25, 0.3) is 0 Å². The smallest absolute Gasteiger partial charge is 0.243 e. The molecule has 0 radical (unpaired) electrons. The first-order chi connectivity index (χ1) is 9.41. The van der Waals surface area contributed by atoms with Gasteiger partial charge in [0.1, 0.15) is 0 Å². The van der Waals surface area contributed by atoms with E-state index in [0.29, 0.717) is 23.3 Å². The van der Waals surface area contributed by atoms with Crippen molar-refractivity contribution < 1.29 is 8.42 Å². The number of nitrogens with one attached hydrogen (secondary N) is 1. The molecule has 2 heterocycles. The Morgan fingerprint density at radius 2 is 1.95 bits per heavy atom. The zero-order valence-electron chi connectivity index (χ0n) is 12.3. The average Bonchev–Trinajstić information content (AvgIpc) is 2.96. The molecule has 20 heavy (non-hydrogen) atoms. The first-order valence-electron chi connectivity index (χ1n) is 7.21. The second-order valence-electron chi connectivity index (χ2n) is 6.14. The zero-order valence-corrected chi connectivity index (χ0v) is 13.1. The fraction of sp³-hybridized carbons (Fsp3) is 0.600. The van der Waals surface area contributed by atoms with Crippen molar-refractivity contribution in [3.8, 4) is 0 Å². The molecule has 0 amide bonds. The second kappa shape index (κ2) is 4.83. The molecule has 1 aromatic rings. The summed E-state index contributed by atoms with van der Waals surface area (Å²) in [4.78, 5) is 0.431. The molecule has 0 saturated carbocycles. The van der Waals surface area contributed by atoms with Crippen molar-refractivity contribution in [1.29, 1.82) is 0 Å². The molecule has 3 rings (SSSR count). The standard InChI is InChI=1S/C15H22N2O2S/c1-10-4-5-14(6-11(10)2)20(18,19)17-9-13-7-16-8-15(13)12(17)3/h4-6,12-13,15-16H,7-9H2,1-3H3. The van der Waals surface area contributed by atoms with Gasteiger partial charge in [-0.05, 0) is 69.0 Å². The fourth-order valence-electron chi connectivity index (χ4n) is 3.46. The molecule has 1 aromatic carbocycles. The van der Waals surface area contributed by atoms with Crippen molar-refractivity contribution in [1.82, 2.24) is 9.62 Å². The normalized spacial score (nSPS) is 30.6. The fourth-order valence-corrected chi connectivity index (χ4v) is 5.27. The van der Waals surface area contributed by atoms with E-state index in [0.717, 1.165) is 24.2 Å². The molecular formula is C15H22N2O2S. The molecule has 3 unspecified atom stereocenters. The van der Waals surface area contributed by atoms with E-state index in [4.69, 9.17) is 0 Å². The highest BCUT2D eigenvalue weighted by molar-refractivity contribution is 7.89. The lowest BCUT2D eigenvalue weighted by Crippen LogP contribution is -2.38. The monoisotopic (exact) mass is 294 g/mol. The van der Waals surface area contributed by atoms with E-state index in [9.17, 15) is 8.42 Å². The quantitative estimate of drug-likeness (QED) is 0.900. The molecule has 110 valence electrons. The Balaban J connectivity index is 1.94. The Hall–Kier alpha value is -0.910. The highest BCUT2D eigenvalue weighted by atomic mass is 32.2. The summed E-state index contributed by atoms with van der Waals surface area (Å²) in [6.45, 7) is 8.52. The highest BCUT2D eigenvalue weighted by Gasteiger charge is 2.46. The third kappa shape index (κ3) is 2.08. The maximum atomic E-state index is 12.8. The van der Waals surface area contributed by atoms with Crippen LogP contribution in [0, 0.1) is 25.7 Å². The Bertz CT molecular complexity index is 627. The summed E-state index contributed by atoms with van der Waals surface area (Å²) in [5, 5.41) is 3.36. The SMILES string of the molecule is Cc1ccc(S(=O)(=O)N2CC3CNCC3C2C)cc1C. The van der Waals surface area contributed by atoms with Gasteiger partial charge in [-0.1, -0.05) is 6.07 Å². The summed E-state index contributed by atoms with van der Waals surface area (Å²) in [6.07, 6.45) is 0.